The van der Waals surface area contributed by atoms with Gasteiger partial charge in [-0.1, -0.05) is 18.6 Å². The molecule has 0 spiro atoms. The van der Waals surface area contributed by atoms with Crippen LogP contribution < -0.4 is 5.73 Å². The predicted octanol–water partition coefficient (Wildman–Crippen LogP) is 2.38. The molecule has 1 saturated carbocycles. The van der Waals surface area contributed by atoms with Crippen molar-refractivity contribution >= 4 is 0 Å². The number of phenolic OH excluding ortho intramolecular Hbond substituents is 1. The topological polar surface area (TPSA) is 49.5 Å². The summed E-state index contributed by atoms with van der Waals surface area (Å²) in [6, 6.07) is 8.68. The van der Waals surface area contributed by atoms with Crippen molar-refractivity contribution in [3.05, 3.63) is 29.8 Å². The largest absolute Gasteiger partial charge is 0.508 e. The Balaban J connectivity index is 1.95. The molecule has 3 unspecified atom stereocenters. The second-order valence-corrected chi connectivity index (χ2v) is 5.88. The highest BCUT2D eigenvalue weighted by Crippen LogP contribution is 2.30. The van der Waals surface area contributed by atoms with Crippen LogP contribution in [0.5, 0.6) is 5.75 Å². The van der Waals surface area contributed by atoms with E-state index in [0.717, 1.165) is 13.0 Å². The van der Waals surface area contributed by atoms with Crippen LogP contribution in [0.15, 0.2) is 24.3 Å². The van der Waals surface area contributed by atoms with Crippen LogP contribution >= 0.6 is 0 Å². The van der Waals surface area contributed by atoms with Crippen molar-refractivity contribution in [2.75, 3.05) is 13.6 Å². The number of nitrogens with zero attached hydrogens (tertiary/aromatic N) is 1. The fraction of sp³-hybridized carbons (Fsp3) is 0.625. The van der Waals surface area contributed by atoms with Crippen molar-refractivity contribution in [1.29, 1.82) is 0 Å². The third-order valence-electron chi connectivity index (χ3n) is 4.61. The van der Waals surface area contributed by atoms with Crippen LogP contribution in [0.4, 0.5) is 0 Å². The summed E-state index contributed by atoms with van der Waals surface area (Å²) in [5.74, 6) is 0.996. The average molecular weight is 262 g/mol. The minimum Gasteiger partial charge on any atom is -0.508 e. The maximum atomic E-state index is 9.31. The predicted molar refractivity (Wildman–Crippen MR) is 79.2 cm³/mol. The highest BCUT2D eigenvalue weighted by molar-refractivity contribution is 5.26. The third kappa shape index (κ3) is 3.48. The molecule has 0 saturated heterocycles. The second kappa shape index (κ2) is 6.40. The number of rotatable bonds is 5. The highest BCUT2D eigenvalue weighted by Gasteiger charge is 2.31. The molecule has 0 bridgehead atoms. The van der Waals surface area contributed by atoms with E-state index in [1.165, 1.54) is 24.8 Å². The zero-order chi connectivity index (χ0) is 13.8. The molecule has 106 valence electrons. The Hall–Kier alpha value is -1.06. The SMILES string of the molecule is CC(Cc1ccc(O)cc1)N(C)C1CCCC1CN. The standard InChI is InChI=1S/C16H26N2O/c1-12(10-13-6-8-15(19)9-7-13)18(2)16-5-3-4-14(16)11-17/h6-9,12,14,16,19H,3-5,10-11,17H2,1-2H3. The van der Waals surface area contributed by atoms with Gasteiger partial charge in [-0.25, -0.2) is 0 Å². The van der Waals surface area contributed by atoms with Crippen molar-refractivity contribution in [2.24, 2.45) is 11.7 Å². The minimum absolute atomic E-state index is 0.337. The molecular formula is C16H26N2O. The number of benzene rings is 1. The molecule has 3 heteroatoms. The van der Waals surface area contributed by atoms with E-state index in [-0.39, 0.29) is 0 Å². The van der Waals surface area contributed by atoms with Gasteiger partial charge in [-0.3, -0.25) is 0 Å². The molecular weight excluding hydrogens is 236 g/mol. The first kappa shape index (κ1) is 14.4. The van der Waals surface area contributed by atoms with E-state index in [4.69, 9.17) is 5.73 Å². The first-order valence-corrected chi connectivity index (χ1v) is 7.31. The Morgan fingerprint density at radius 2 is 2.00 bits per heavy atom. The molecule has 0 amide bonds. The number of nitrogens with two attached hydrogens (primary N) is 1. The third-order valence-corrected chi connectivity index (χ3v) is 4.61. The van der Waals surface area contributed by atoms with Crippen molar-refractivity contribution in [3.63, 3.8) is 0 Å². The van der Waals surface area contributed by atoms with E-state index in [1.807, 2.05) is 12.1 Å². The van der Waals surface area contributed by atoms with Gasteiger partial charge in [-0.05, 0) is 63.4 Å². The molecule has 3 atom stereocenters. The molecule has 3 N–H and O–H groups in total. The van der Waals surface area contributed by atoms with E-state index in [1.54, 1.807) is 12.1 Å². The van der Waals surface area contributed by atoms with Gasteiger partial charge in [0.2, 0.25) is 0 Å². The Labute approximate surface area is 116 Å². The first-order chi connectivity index (χ1) is 9.11. The lowest BCUT2D eigenvalue weighted by molar-refractivity contribution is 0.151. The van der Waals surface area contributed by atoms with Crippen molar-refractivity contribution < 1.29 is 5.11 Å². The fourth-order valence-electron chi connectivity index (χ4n) is 3.27. The Kier molecular flexibility index (Phi) is 4.83. The fourth-order valence-corrected chi connectivity index (χ4v) is 3.27. The minimum atomic E-state index is 0.337. The maximum absolute atomic E-state index is 9.31. The number of aromatic hydroxyl groups is 1. The van der Waals surface area contributed by atoms with Crippen LogP contribution in [0.3, 0.4) is 0 Å². The summed E-state index contributed by atoms with van der Waals surface area (Å²) in [4.78, 5) is 2.50. The summed E-state index contributed by atoms with van der Waals surface area (Å²) in [6.07, 6.45) is 4.88. The van der Waals surface area contributed by atoms with Gasteiger partial charge in [0.05, 0.1) is 0 Å². The number of hydrogen-bond acceptors (Lipinski definition) is 3. The van der Waals surface area contributed by atoms with Gasteiger partial charge in [0.25, 0.3) is 0 Å². The van der Waals surface area contributed by atoms with Crippen LogP contribution in [0.25, 0.3) is 0 Å². The van der Waals surface area contributed by atoms with Gasteiger partial charge in [-0.15, -0.1) is 0 Å². The van der Waals surface area contributed by atoms with Crippen molar-refractivity contribution in [1.82, 2.24) is 4.90 Å². The lowest BCUT2D eigenvalue weighted by Gasteiger charge is -2.34. The van der Waals surface area contributed by atoms with Crippen LogP contribution in [0, 0.1) is 5.92 Å². The smallest absolute Gasteiger partial charge is 0.115 e. The number of likely N-dealkylation sites (N-methyl/N-ethyl adjacent to an activating group) is 1. The quantitative estimate of drug-likeness (QED) is 0.856. The van der Waals surface area contributed by atoms with Gasteiger partial charge in [0, 0.05) is 12.1 Å². The van der Waals surface area contributed by atoms with Crippen molar-refractivity contribution in [3.8, 4) is 5.75 Å². The monoisotopic (exact) mass is 262 g/mol. The average Bonchev–Trinajstić information content (AvgIpc) is 2.88. The van der Waals surface area contributed by atoms with E-state index in [0.29, 0.717) is 23.8 Å². The molecule has 19 heavy (non-hydrogen) atoms. The summed E-state index contributed by atoms with van der Waals surface area (Å²) in [6.45, 7) is 3.08. The molecule has 1 aromatic carbocycles. The molecule has 0 aromatic heterocycles. The van der Waals surface area contributed by atoms with Gasteiger partial charge in [-0.2, -0.15) is 0 Å². The van der Waals surface area contributed by atoms with Gasteiger partial charge in [0.1, 0.15) is 5.75 Å². The summed E-state index contributed by atoms with van der Waals surface area (Å²) < 4.78 is 0. The zero-order valence-corrected chi connectivity index (χ0v) is 12.0. The Morgan fingerprint density at radius 1 is 1.32 bits per heavy atom. The normalized spacial score (nSPS) is 24.8. The lowest BCUT2D eigenvalue weighted by Crippen LogP contribution is -2.43. The molecule has 3 nitrogen and oxygen atoms in total. The van der Waals surface area contributed by atoms with Gasteiger partial charge < -0.3 is 15.7 Å². The van der Waals surface area contributed by atoms with Crippen LogP contribution in [0.2, 0.25) is 0 Å². The number of phenols is 1. The van der Waals surface area contributed by atoms with Gasteiger partial charge in [0.15, 0.2) is 0 Å². The molecule has 0 radical (unpaired) electrons. The highest BCUT2D eigenvalue weighted by atomic mass is 16.3. The van der Waals surface area contributed by atoms with Gasteiger partial charge >= 0.3 is 0 Å². The summed E-state index contributed by atoms with van der Waals surface area (Å²) in [5.41, 5.74) is 7.15. The molecule has 0 aliphatic heterocycles. The van der Waals surface area contributed by atoms with E-state index < -0.39 is 0 Å². The molecule has 2 rings (SSSR count). The molecule has 0 heterocycles. The summed E-state index contributed by atoms with van der Waals surface area (Å²) >= 11 is 0. The molecule has 1 aliphatic rings. The van der Waals surface area contributed by atoms with Crippen LogP contribution in [-0.4, -0.2) is 35.7 Å². The Morgan fingerprint density at radius 3 is 2.63 bits per heavy atom. The van der Waals surface area contributed by atoms with E-state index >= 15 is 0 Å². The van der Waals surface area contributed by atoms with E-state index in [9.17, 15) is 5.11 Å². The summed E-state index contributed by atoms with van der Waals surface area (Å²) in [7, 11) is 2.23. The van der Waals surface area contributed by atoms with Crippen LogP contribution in [0.1, 0.15) is 31.7 Å². The maximum Gasteiger partial charge on any atom is 0.115 e. The van der Waals surface area contributed by atoms with E-state index in [2.05, 4.69) is 18.9 Å². The second-order valence-electron chi connectivity index (χ2n) is 5.88. The molecule has 1 aliphatic carbocycles. The van der Waals surface area contributed by atoms with Crippen molar-refractivity contribution in [2.45, 2.75) is 44.7 Å². The molecule has 1 aromatic rings. The zero-order valence-electron chi connectivity index (χ0n) is 12.0. The first-order valence-electron chi connectivity index (χ1n) is 7.31. The summed E-state index contributed by atoms with van der Waals surface area (Å²) in [5, 5.41) is 9.31. The Bertz CT molecular complexity index is 390. The number of hydrogen-bond donors (Lipinski definition) is 2. The van der Waals surface area contributed by atoms with Crippen LogP contribution in [-0.2, 0) is 6.42 Å². The lowest BCUT2D eigenvalue weighted by atomic mass is 9.99. The molecule has 1 fully saturated rings.